The zero-order valence-corrected chi connectivity index (χ0v) is 10.6. The van der Waals surface area contributed by atoms with Gasteiger partial charge in [0.25, 0.3) is 0 Å². The number of anilines is 1. The van der Waals surface area contributed by atoms with Crippen LogP contribution in [0.3, 0.4) is 0 Å². The maximum Gasteiger partial charge on any atom is 0.205 e. The molecule has 1 aromatic rings. The lowest BCUT2D eigenvalue weighted by atomic mass is 10.0. The van der Waals surface area contributed by atoms with E-state index in [1.807, 2.05) is 0 Å². The van der Waals surface area contributed by atoms with Crippen LogP contribution in [-0.4, -0.2) is 35.5 Å². The van der Waals surface area contributed by atoms with Crippen molar-refractivity contribution < 1.29 is 0 Å². The van der Waals surface area contributed by atoms with Gasteiger partial charge in [-0.25, -0.2) is 4.98 Å². The molecule has 0 unspecified atom stereocenters. The number of hydrogen-bond donors (Lipinski definition) is 1. The van der Waals surface area contributed by atoms with Crippen LogP contribution in [-0.2, 0) is 0 Å². The third kappa shape index (κ3) is 1.72. The lowest BCUT2D eigenvalue weighted by Crippen LogP contribution is -2.25. The van der Waals surface area contributed by atoms with Crippen LogP contribution in [0.25, 0.3) is 0 Å². The number of nitrogens with zero attached hydrogens (tertiary/aromatic N) is 3. The Labute approximate surface area is 100 Å². The van der Waals surface area contributed by atoms with Gasteiger partial charge in [0.15, 0.2) is 0 Å². The normalized spacial score (nSPS) is 29.1. The molecule has 1 aromatic heterocycles. The summed E-state index contributed by atoms with van der Waals surface area (Å²) in [5.41, 5.74) is 0. The minimum Gasteiger partial charge on any atom is -0.346 e. The first kappa shape index (κ1) is 10.5. The highest BCUT2D eigenvalue weighted by Crippen LogP contribution is 2.31. The van der Waals surface area contributed by atoms with E-state index < -0.39 is 0 Å². The van der Waals surface area contributed by atoms with E-state index in [4.69, 9.17) is 0 Å². The molecule has 88 valence electrons. The highest BCUT2D eigenvalue weighted by atomic mass is 32.1. The summed E-state index contributed by atoms with van der Waals surface area (Å²) in [6.07, 6.45) is 0. The Balaban J connectivity index is 1.73. The summed E-state index contributed by atoms with van der Waals surface area (Å²) in [4.78, 5) is 7.05. The summed E-state index contributed by atoms with van der Waals surface area (Å²) in [5, 5.41) is 4.58. The average Bonchev–Trinajstić information content (AvgIpc) is 2.91. The average molecular weight is 238 g/mol. The maximum absolute atomic E-state index is 4.63. The van der Waals surface area contributed by atoms with E-state index in [0.717, 1.165) is 35.9 Å². The van der Waals surface area contributed by atoms with Crippen molar-refractivity contribution in [3.8, 4) is 0 Å². The van der Waals surface area contributed by atoms with Gasteiger partial charge in [-0.05, 0) is 11.8 Å². The molecule has 2 fully saturated rings. The van der Waals surface area contributed by atoms with Gasteiger partial charge in [-0.3, -0.25) is 0 Å². The van der Waals surface area contributed by atoms with Crippen molar-refractivity contribution in [3.05, 3.63) is 5.82 Å². The van der Waals surface area contributed by atoms with Crippen molar-refractivity contribution in [2.24, 2.45) is 11.8 Å². The minimum absolute atomic E-state index is 0.439. The molecule has 2 saturated heterocycles. The molecule has 4 nitrogen and oxygen atoms in total. The van der Waals surface area contributed by atoms with Crippen LogP contribution < -0.4 is 10.2 Å². The number of hydrogen-bond acceptors (Lipinski definition) is 5. The molecule has 0 spiro atoms. The molecule has 0 aliphatic carbocycles. The van der Waals surface area contributed by atoms with E-state index in [1.54, 1.807) is 11.5 Å². The van der Waals surface area contributed by atoms with Gasteiger partial charge in [0.05, 0.1) is 0 Å². The van der Waals surface area contributed by atoms with Gasteiger partial charge in [0.1, 0.15) is 5.82 Å². The second-order valence-electron chi connectivity index (χ2n) is 5.17. The Hall–Kier alpha value is -0.680. The van der Waals surface area contributed by atoms with Gasteiger partial charge in [-0.15, -0.1) is 0 Å². The summed E-state index contributed by atoms with van der Waals surface area (Å²) >= 11 is 1.56. The van der Waals surface area contributed by atoms with Gasteiger partial charge < -0.3 is 10.2 Å². The highest BCUT2D eigenvalue weighted by molar-refractivity contribution is 7.09. The Bertz CT molecular complexity index is 364. The summed E-state index contributed by atoms with van der Waals surface area (Å²) in [6, 6.07) is 0. The molecule has 3 heterocycles. The summed E-state index contributed by atoms with van der Waals surface area (Å²) in [5.74, 6) is 3.08. The predicted octanol–water partition coefficient (Wildman–Crippen LogP) is 1.32. The van der Waals surface area contributed by atoms with Gasteiger partial charge >= 0.3 is 0 Å². The number of fused-ring (bicyclic) bond motifs is 1. The van der Waals surface area contributed by atoms with Crippen molar-refractivity contribution in [2.75, 3.05) is 31.1 Å². The molecule has 0 saturated carbocycles. The van der Waals surface area contributed by atoms with Crippen LogP contribution in [0.15, 0.2) is 0 Å². The second kappa shape index (κ2) is 3.96. The topological polar surface area (TPSA) is 41.1 Å². The van der Waals surface area contributed by atoms with E-state index in [2.05, 4.69) is 33.4 Å². The fourth-order valence-corrected chi connectivity index (χ4v) is 3.43. The Morgan fingerprint density at radius 1 is 1.31 bits per heavy atom. The lowest BCUT2D eigenvalue weighted by Gasteiger charge is -2.14. The van der Waals surface area contributed by atoms with Crippen molar-refractivity contribution in [3.63, 3.8) is 0 Å². The zero-order valence-electron chi connectivity index (χ0n) is 9.81. The van der Waals surface area contributed by atoms with Crippen LogP contribution >= 0.6 is 11.5 Å². The Morgan fingerprint density at radius 2 is 2.00 bits per heavy atom. The molecule has 16 heavy (non-hydrogen) atoms. The number of aromatic nitrogens is 2. The maximum atomic E-state index is 4.63. The SMILES string of the molecule is CC(C)c1nsc(N2C[C@H]3CNC[C@H]3C2)n1. The second-order valence-corrected chi connectivity index (χ2v) is 5.90. The van der Waals surface area contributed by atoms with Gasteiger partial charge in [0, 0.05) is 43.6 Å². The van der Waals surface area contributed by atoms with E-state index >= 15 is 0 Å². The van der Waals surface area contributed by atoms with Crippen molar-refractivity contribution in [1.82, 2.24) is 14.7 Å². The van der Waals surface area contributed by atoms with Gasteiger partial charge in [-0.1, -0.05) is 13.8 Å². The molecule has 2 aliphatic heterocycles. The molecule has 0 bridgehead atoms. The van der Waals surface area contributed by atoms with Crippen LogP contribution in [0, 0.1) is 11.8 Å². The molecule has 0 amide bonds. The standard InChI is InChI=1S/C11H18N4S/c1-7(2)10-13-11(16-14-10)15-5-8-3-12-4-9(8)6-15/h7-9,12H,3-6H2,1-2H3/t8-,9+. The molecule has 3 rings (SSSR count). The minimum atomic E-state index is 0.439. The number of nitrogens with one attached hydrogen (secondary N) is 1. The smallest absolute Gasteiger partial charge is 0.205 e. The molecule has 2 atom stereocenters. The van der Waals surface area contributed by atoms with E-state index in [9.17, 15) is 0 Å². The van der Waals surface area contributed by atoms with Crippen LogP contribution in [0.1, 0.15) is 25.6 Å². The lowest BCUT2D eigenvalue weighted by molar-refractivity contribution is 0.533. The summed E-state index contributed by atoms with van der Waals surface area (Å²) < 4.78 is 4.43. The molecular formula is C11H18N4S. The quantitative estimate of drug-likeness (QED) is 0.843. The fourth-order valence-electron chi connectivity index (χ4n) is 2.60. The van der Waals surface area contributed by atoms with Crippen LogP contribution in [0.5, 0.6) is 0 Å². The predicted molar refractivity (Wildman–Crippen MR) is 66.1 cm³/mol. The third-order valence-corrected chi connectivity index (χ3v) is 4.40. The van der Waals surface area contributed by atoms with E-state index in [1.165, 1.54) is 13.1 Å². The Kier molecular flexibility index (Phi) is 2.59. The first-order chi connectivity index (χ1) is 7.74. The molecule has 2 aliphatic rings. The Morgan fingerprint density at radius 3 is 2.56 bits per heavy atom. The van der Waals surface area contributed by atoms with E-state index in [0.29, 0.717) is 5.92 Å². The highest BCUT2D eigenvalue weighted by Gasteiger charge is 2.37. The monoisotopic (exact) mass is 238 g/mol. The molecule has 0 radical (unpaired) electrons. The number of rotatable bonds is 2. The van der Waals surface area contributed by atoms with Crippen LogP contribution in [0.2, 0.25) is 0 Å². The van der Waals surface area contributed by atoms with Gasteiger partial charge in [0.2, 0.25) is 5.13 Å². The van der Waals surface area contributed by atoms with Crippen molar-refractivity contribution in [2.45, 2.75) is 19.8 Å². The van der Waals surface area contributed by atoms with E-state index in [-0.39, 0.29) is 0 Å². The largest absolute Gasteiger partial charge is 0.346 e. The van der Waals surface area contributed by atoms with Gasteiger partial charge in [-0.2, -0.15) is 4.37 Å². The first-order valence-electron chi connectivity index (χ1n) is 6.03. The fraction of sp³-hybridized carbons (Fsp3) is 0.818. The third-order valence-electron chi connectivity index (χ3n) is 3.61. The molecule has 5 heteroatoms. The summed E-state index contributed by atoms with van der Waals surface area (Å²) in [6.45, 7) is 8.96. The molecule has 0 aromatic carbocycles. The zero-order chi connectivity index (χ0) is 11.1. The first-order valence-corrected chi connectivity index (χ1v) is 6.80. The summed E-state index contributed by atoms with van der Waals surface area (Å²) in [7, 11) is 0. The van der Waals surface area contributed by atoms with Crippen molar-refractivity contribution in [1.29, 1.82) is 0 Å². The molecule has 1 N–H and O–H groups in total. The van der Waals surface area contributed by atoms with Crippen molar-refractivity contribution >= 4 is 16.7 Å². The van der Waals surface area contributed by atoms with Crippen LogP contribution in [0.4, 0.5) is 5.13 Å². The molecular weight excluding hydrogens is 220 g/mol.